The van der Waals surface area contributed by atoms with E-state index in [-0.39, 0.29) is 16.9 Å². The number of rotatable bonds is 1. The van der Waals surface area contributed by atoms with Crippen LogP contribution in [0.4, 0.5) is 13.2 Å². The van der Waals surface area contributed by atoms with Gasteiger partial charge in [0.05, 0.1) is 17.8 Å². The van der Waals surface area contributed by atoms with Crippen molar-refractivity contribution in [2.45, 2.75) is 83.6 Å². The zero-order valence-electron chi connectivity index (χ0n) is 19.0. The molecular weight excluding hydrogens is 413 g/mol. The van der Waals surface area contributed by atoms with E-state index in [1.54, 1.807) is 0 Å². The summed E-state index contributed by atoms with van der Waals surface area (Å²) in [6, 6.07) is 5.26. The Kier molecular flexibility index (Phi) is 5.33. The van der Waals surface area contributed by atoms with E-state index >= 15 is 0 Å². The number of hydrogen-bond acceptors (Lipinski definition) is 2. The molecule has 5 heteroatoms. The zero-order chi connectivity index (χ0) is 22.9. The highest BCUT2D eigenvalue weighted by atomic mass is 19.4. The summed E-state index contributed by atoms with van der Waals surface area (Å²) >= 11 is 0. The molecular formula is C27H35F3O2. The highest BCUT2D eigenvalue weighted by Crippen LogP contribution is 2.67. The van der Waals surface area contributed by atoms with Gasteiger partial charge < -0.3 is 10.2 Å². The minimum absolute atomic E-state index is 0.148. The van der Waals surface area contributed by atoms with E-state index in [0.29, 0.717) is 23.7 Å². The molecule has 0 bridgehead atoms. The molecule has 0 spiro atoms. The van der Waals surface area contributed by atoms with E-state index in [9.17, 15) is 23.4 Å². The van der Waals surface area contributed by atoms with Gasteiger partial charge in [0.25, 0.3) is 0 Å². The maximum Gasteiger partial charge on any atom is 0.416 e. The predicted molar refractivity (Wildman–Crippen MR) is 119 cm³/mol. The molecule has 8 unspecified atom stereocenters. The van der Waals surface area contributed by atoms with E-state index in [1.165, 1.54) is 12.1 Å². The molecule has 4 aliphatic carbocycles. The van der Waals surface area contributed by atoms with Gasteiger partial charge in [-0.2, -0.15) is 13.2 Å². The van der Waals surface area contributed by atoms with Gasteiger partial charge in [-0.15, -0.1) is 0 Å². The second-order valence-corrected chi connectivity index (χ2v) is 11.6. The molecule has 1 aromatic rings. The minimum atomic E-state index is -4.33. The largest absolute Gasteiger partial charge is 0.416 e. The van der Waals surface area contributed by atoms with E-state index in [1.807, 2.05) is 6.08 Å². The monoisotopic (exact) mass is 448 g/mol. The van der Waals surface area contributed by atoms with E-state index in [4.69, 9.17) is 0 Å². The van der Waals surface area contributed by atoms with Crippen LogP contribution in [0.15, 0.2) is 29.8 Å². The van der Waals surface area contributed by atoms with Gasteiger partial charge in [0.1, 0.15) is 0 Å². The third-order valence-corrected chi connectivity index (χ3v) is 10.1. The van der Waals surface area contributed by atoms with Crippen LogP contribution in [0.25, 0.3) is 6.08 Å². The summed E-state index contributed by atoms with van der Waals surface area (Å²) in [6.45, 7) is 4.68. The smallest absolute Gasteiger partial charge is 0.393 e. The van der Waals surface area contributed by atoms with Crippen molar-refractivity contribution in [2.75, 3.05) is 0 Å². The molecule has 32 heavy (non-hydrogen) atoms. The number of aliphatic hydroxyl groups is 2. The summed E-state index contributed by atoms with van der Waals surface area (Å²) in [7, 11) is 0. The van der Waals surface area contributed by atoms with Gasteiger partial charge in [0.15, 0.2) is 0 Å². The third kappa shape index (κ3) is 3.46. The Bertz CT molecular complexity index is 891. The first kappa shape index (κ1) is 22.5. The fraction of sp³-hybridized carbons (Fsp3) is 0.704. The average Bonchev–Trinajstić information content (AvgIpc) is 2.99. The Balaban J connectivity index is 1.40. The molecule has 4 saturated carbocycles. The van der Waals surface area contributed by atoms with Gasteiger partial charge in [0.2, 0.25) is 0 Å². The van der Waals surface area contributed by atoms with Crippen LogP contribution in [0.3, 0.4) is 0 Å². The van der Waals surface area contributed by atoms with Crippen molar-refractivity contribution in [1.82, 2.24) is 0 Å². The van der Waals surface area contributed by atoms with Gasteiger partial charge in [0, 0.05) is 5.41 Å². The van der Waals surface area contributed by atoms with Gasteiger partial charge in [-0.3, -0.25) is 0 Å². The highest BCUT2D eigenvalue weighted by molar-refractivity contribution is 5.56. The lowest BCUT2D eigenvalue weighted by atomic mass is 9.45. The van der Waals surface area contributed by atoms with Crippen molar-refractivity contribution in [3.63, 3.8) is 0 Å². The molecule has 0 aromatic heterocycles. The molecule has 0 amide bonds. The van der Waals surface area contributed by atoms with Gasteiger partial charge in [-0.05, 0) is 104 Å². The summed E-state index contributed by atoms with van der Waals surface area (Å²) < 4.78 is 38.7. The number of aliphatic hydroxyl groups excluding tert-OH is 2. The molecule has 4 fully saturated rings. The molecule has 4 aliphatic rings. The summed E-state index contributed by atoms with van der Waals surface area (Å²) in [4.78, 5) is 0. The Morgan fingerprint density at radius 2 is 1.59 bits per heavy atom. The Morgan fingerprint density at radius 1 is 0.906 bits per heavy atom. The molecule has 0 radical (unpaired) electrons. The van der Waals surface area contributed by atoms with Crippen LogP contribution in [0.1, 0.15) is 76.3 Å². The van der Waals surface area contributed by atoms with Crippen LogP contribution >= 0.6 is 0 Å². The molecule has 2 N–H and O–H groups in total. The maximum atomic E-state index is 12.9. The first-order chi connectivity index (χ1) is 15.0. The van der Waals surface area contributed by atoms with Gasteiger partial charge >= 0.3 is 6.18 Å². The van der Waals surface area contributed by atoms with Crippen molar-refractivity contribution >= 4 is 6.08 Å². The van der Waals surface area contributed by atoms with E-state index in [0.717, 1.165) is 74.6 Å². The Labute approximate surface area is 188 Å². The number of halogens is 3. The molecule has 5 rings (SSSR count). The van der Waals surface area contributed by atoms with Gasteiger partial charge in [-0.1, -0.05) is 32.1 Å². The first-order valence-electron chi connectivity index (χ1n) is 12.3. The molecule has 1 aromatic carbocycles. The van der Waals surface area contributed by atoms with Crippen molar-refractivity contribution in [3.05, 3.63) is 41.0 Å². The van der Waals surface area contributed by atoms with Crippen molar-refractivity contribution in [3.8, 4) is 0 Å². The maximum absolute atomic E-state index is 12.9. The number of alkyl halides is 3. The Morgan fingerprint density at radius 3 is 2.28 bits per heavy atom. The van der Waals surface area contributed by atoms with Crippen LogP contribution in [-0.4, -0.2) is 22.4 Å². The van der Waals surface area contributed by atoms with Crippen molar-refractivity contribution < 1.29 is 23.4 Å². The second-order valence-electron chi connectivity index (χ2n) is 11.6. The van der Waals surface area contributed by atoms with Gasteiger partial charge in [-0.25, -0.2) is 0 Å². The van der Waals surface area contributed by atoms with E-state index in [2.05, 4.69) is 13.8 Å². The first-order valence-corrected chi connectivity index (χ1v) is 12.3. The lowest BCUT2D eigenvalue weighted by molar-refractivity contribution is -0.137. The average molecular weight is 449 g/mol. The van der Waals surface area contributed by atoms with E-state index < -0.39 is 17.8 Å². The standard InChI is InChI=1S/C27H35F3O2/c1-25-11-9-20(31)15-19(25)7-8-21-22(25)10-12-26(2)23(21)14-17(24(26)32)13-16-3-5-18(6-4-16)27(28,29)30/h3-6,13,19-24,31-32H,7-12,14-15H2,1-2H3/b17-13-. The number of hydrogen-bond donors (Lipinski definition) is 2. The second kappa shape index (κ2) is 7.59. The Hall–Kier alpha value is -1.33. The van der Waals surface area contributed by atoms with Crippen molar-refractivity contribution in [1.29, 1.82) is 0 Å². The predicted octanol–water partition coefficient (Wildman–Crippen LogP) is 6.46. The summed E-state index contributed by atoms with van der Waals surface area (Å²) in [5.74, 6) is 2.25. The zero-order valence-corrected chi connectivity index (χ0v) is 19.0. The van der Waals surface area contributed by atoms with Crippen molar-refractivity contribution in [2.24, 2.45) is 34.5 Å². The lowest BCUT2D eigenvalue weighted by Gasteiger charge is -2.60. The normalized spacial score (nSPS) is 45.3. The van der Waals surface area contributed by atoms with Crippen LogP contribution in [0.2, 0.25) is 0 Å². The molecule has 0 heterocycles. The van der Waals surface area contributed by atoms with Crippen LogP contribution in [0, 0.1) is 34.5 Å². The highest BCUT2D eigenvalue weighted by Gasteiger charge is 2.61. The molecule has 0 saturated heterocycles. The lowest BCUT2D eigenvalue weighted by Crippen LogP contribution is -2.54. The SMILES string of the molecule is CC12CCC(O)CC1CCC1C2CCC2(C)C(O)/C(=C\c3ccc(C(F)(F)F)cc3)CC12. The third-order valence-electron chi connectivity index (χ3n) is 10.1. The number of fused-ring (bicyclic) bond motifs is 5. The van der Waals surface area contributed by atoms with Crippen LogP contribution in [-0.2, 0) is 6.18 Å². The molecule has 2 nitrogen and oxygen atoms in total. The summed E-state index contributed by atoms with van der Waals surface area (Å²) in [6.07, 6.45) is 5.13. The fourth-order valence-corrected chi connectivity index (χ4v) is 8.22. The molecule has 0 aliphatic heterocycles. The number of benzene rings is 1. The topological polar surface area (TPSA) is 40.5 Å². The summed E-state index contributed by atoms with van der Waals surface area (Å²) in [5, 5.41) is 21.5. The minimum Gasteiger partial charge on any atom is -0.393 e. The van der Waals surface area contributed by atoms with Crippen LogP contribution in [0.5, 0.6) is 0 Å². The fourth-order valence-electron chi connectivity index (χ4n) is 8.22. The molecule has 8 atom stereocenters. The quantitative estimate of drug-likeness (QED) is 0.517. The van der Waals surface area contributed by atoms with Crippen LogP contribution < -0.4 is 0 Å². The summed E-state index contributed by atoms with van der Waals surface area (Å²) in [5.41, 5.74) is 1.19. The molecule has 176 valence electrons.